The molecule has 0 amide bonds. The summed E-state index contributed by atoms with van der Waals surface area (Å²) in [4.78, 5) is 29.0. The minimum Gasteiger partial charge on any atom is -0.426 e. The minimum atomic E-state index is -1.07. The monoisotopic (exact) mass is 600 g/mol. The van der Waals surface area contributed by atoms with Gasteiger partial charge in [-0.3, -0.25) is 4.79 Å². The fourth-order valence-electron chi connectivity index (χ4n) is 4.72. The molecular weight excluding hydrogens is 573 g/mol. The van der Waals surface area contributed by atoms with Crippen LogP contribution in [-0.4, -0.2) is 53.0 Å². The zero-order valence-electron chi connectivity index (χ0n) is 23.3. The van der Waals surface area contributed by atoms with Crippen LogP contribution < -0.4 is 51.4 Å². The van der Waals surface area contributed by atoms with Crippen LogP contribution >= 0.6 is 11.6 Å². The van der Waals surface area contributed by atoms with Crippen molar-refractivity contribution in [1.29, 1.82) is 0 Å². The number of fused-ring (bicyclic) bond motifs is 1. The smallest absolute Gasteiger partial charge is 0.426 e. The third kappa shape index (κ3) is 6.79. The van der Waals surface area contributed by atoms with Crippen molar-refractivity contribution in [2.75, 3.05) is 0 Å². The first-order valence-electron chi connectivity index (χ1n) is 12.9. The van der Waals surface area contributed by atoms with E-state index in [1.807, 2.05) is 54.7 Å². The summed E-state index contributed by atoms with van der Waals surface area (Å²) in [5.74, 6) is -0.0976. The molecule has 0 fully saturated rings. The SMILES string of the molecule is CCCCc1nc(Cl)c(C(=O)OC(C)OC(C)=O)n1Cc1cccc2c1ccn2-c1ccccc1-c1nn[nH]n1.[K+]. The Balaban J connectivity index is 0.00000387. The topological polar surface area (TPSA) is 130 Å². The number of rotatable bonds is 10. The molecule has 5 rings (SSSR count). The van der Waals surface area contributed by atoms with Gasteiger partial charge in [0, 0.05) is 37.4 Å². The van der Waals surface area contributed by atoms with Crippen molar-refractivity contribution >= 4 is 34.4 Å². The first-order chi connectivity index (χ1) is 19.4. The molecule has 206 valence electrons. The van der Waals surface area contributed by atoms with Crippen LogP contribution in [0.5, 0.6) is 0 Å². The molecule has 0 radical (unpaired) electrons. The van der Waals surface area contributed by atoms with Gasteiger partial charge in [-0.05, 0) is 41.5 Å². The molecule has 3 heterocycles. The summed E-state index contributed by atoms with van der Waals surface area (Å²) in [6, 6.07) is 15.9. The van der Waals surface area contributed by atoms with E-state index in [2.05, 4.69) is 37.1 Å². The number of carbonyl (C=O) groups is 2. The second-order valence-electron chi connectivity index (χ2n) is 9.23. The number of para-hydroxylation sites is 1. The predicted octanol–water partition coefficient (Wildman–Crippen LogP) is 2.12. The zero-order valence-corrected chi connectivity index (χ0v) is 27.2. The molecule has 1 N–H and O–H groups in total. The number of aromatic amines is 1. The summed E-state index contributed by atoms with van der Waals surface area (Å²) in [5, 5.41) is 15.6. The number of aromatic nitrogens is 7. The number of unbranched alkanes of at least 4 members (excludes halogenated alkanes) is 1. The number of ether oxygens (including phenoxy) is 2. The molecule has 13 heteroatoms. The van der Waals surface area contributed by atoms with Crippen molar-refractivity contribution in [2.45, 2.75) is 52.9 Å². The maximum atomic E-state index is 13.2. The quantitative estimate of drug-likeness (QED) is 0.147. The van der Waals surface area contributed by atoms with Crippen LogP contribution in [0.4, 0.5) is 0 Å². The van der Waals surface area contributed by atoms with Crippen LogP contribution in [0.1, 0.15) is 55.5 Å². The number of benzene rings is 2. The molecule has 0 saturated carbocycles. The Kier molecular flexibility index (Phi) is 10.5. The molecule has 0 bridgehead atoms. The molecule has 0 aliphatic carbocycles. The fraction of sp³-hybridized carbons (Fsp3) is 0.286. The first kappa shape index (κ1) is 31.1. The average Bonchev–Trinajstić information content (AvgIpc) is 3.67. The number of aryl methyl sites for hydroxylation is 1. The van der Waals surface area contributed by atoms with Gasteiger partial charge in [0.25, 0.3) is 0 Å². The summed E-state index contributed by atoms with van der Waals surface area (Å²) in [7, 11) is 0. The summed E-state index contributed by atoms with van der Waals surface area (Å²) in [6.07, 6.45) is 3.38. The number of hydrogen-bond donors (Lipinski definition) is 1. The predicted molar refractivity (Wildman–Crippen MR) is 148 cm³/mol. The molecule has 1 unspecified atom stereocenters. The van der Waals surface area contributed by atoms with E-state index in [1.165, 1.54) is 13.8 Å². The maximum Gasteiger partial charge on any atom is 1.00 e. The first-order valence-corrected chi connectivity index (χ1v) is 13.3. The van der Waals surface area contributed by atoms with Crippen molar-refractivity contribution in [2.24, 2.45) is 0 Å². The Bertz CT molecular complexity index is 1670. The second kappa shape index (κ2) is 13.9. The number of imidazole rings is 1. The van der Waals surface area contributed by atoms with Gasteiger partial charge >= 0.3 is 63.3 Å². The molecule has 3 aromatic heterocycles. The molecule has 0 aliphatic heterocycles. The summed E-state index contributed by atoms with van der Waals surface area (Å²) >= 11 is 6.48. The van der Waals surface area contributed by atoms with Gasteiger partial charge in [0.05, 0.1) is 17.7 Å². The van der Waals surface area contributed by atoms with E-state index in [1.54, 1.807) is 4.57 Å². The Morgan fingerprint density at radius 2 is 1.90 bits per heavy atom. The van der Waals surface area contributed by atoms with Crippen molar-refractivity contribution < 1.29 is 70.4 Å². The van der Waals surface area contributed by atoms with E-state index in [0.717, 1.165) is 40.6 Å². The van der Waals surface area contributed by atoms with Gasteiger partial charge in [0.2, 0.25) is 12.1 Å². The normalized spacial score (nSPS) is 11.7. The van der Waals surface area contributed by atoms with Crippen LogP contribution in [0.25, 0.3) is 28.0 Å². The largest absolute Gasteiger partial charge is 1.00 e. The number of tetrazole rings is 1. The molecule has 0 saturated heterocycles. The summed E-state index contributed by atoms with van der Waals surface area (Å²) < 4.78 is 14.2. The fourth-order valence-corrected chi connectivity index (χ4v) is 5.00. The number of nitrogens with one attached hydrogen (secondary N) is 1. The van der Waals surface area contributed by atoms with E-state index in [4.69, 9.17) is 21.1 Å². The van der Waals surface area contributed by atoms with Gasteiger partial charge in [0.1, 0.15) is 5.82 Å². The van der Waals surface area contributed by atoms with Gasteiger partial charge in [-0.2, -0.15) is 5.21 Å². The van der Waals surface area contributed by atoms with Gasteiger partial charge in [-0.15, -0.1) is 10.2 Å². The van der Waals surface area contributed by atoms with E-state index in [-0.39, 0.29) is 62.2 Å². The summed E-state index contributed by atoms with van der Waals surface area (Å²) in [6.45, 7) is 5.14. The Morgan fingerprint density at radius 3 is 2.63 bits per heavy atom. The van der Waals surface area contributed by atoms with E-state index in [9.17, 15) is 9.59 Å². The molecule has 41 heavy (non-hydrogen) atoms. The summed E-state index contributed by atoms with van der Waals surface area (Å²) in [5.41, 5.74) is 3.76. The van der Waals surface area contributed by atoms with Crippen molar-refractivity contribution in [3.05, 3.63) is 77.0 Å². The molecular formula is C28H28ClKN7O4+. The Hall–Kier alpha value is -2.87. The number of H-pyrrole nitrogens is 1. The van der Waals surface area contributed by atoms with Crippen LogP contribution in [0.3, 0.4) is 0 Å². The van der Waals surface area contributed by atoms with Crippen LogP contribution in [0, 0.1) is 0 Å². The zero-order chi connectivity index (χ0) is 28.2. The Labute approximate surface area is 284 Å². The van der Waals surface area contributed by atoms with Crippen molar-refractivity contribution in [3.63, 3.8) is 0 Å². The molecule has 0 spiro atoms. The maximum absolute atomic E-state index is 13.2. The van der Waals surface area contributed by atoms with Crippen molar-refractivity contribution in [1.82, 2.24) is 34.7 Å². The van der Waals surface area contributed by atoms with Gasteiger partial charge in [-0.25, -0.2) is 9.78 Å². The number of hydrogen-bond acceptors (Lipinski definition) is 8. The third-order valence-corrected chi connectivity index (χ3v) is 6.72. The standard InChI is InChI=1S/C28H28ClN7O4.K/c1-4-5-13-24-30-26(29)25(28(38)40-18(3)39-17(2)37)36(24)16-19-9-8-12-22-20(19)14-15-35(22)23-11-7-6-10-21(23)27-31-33-34-32-27;/h6-12,14-15,18H,4-5,13,16H2,1-3H3,(H,31,32,33,34);/q;+1. The number of halogens is 1. The van der Waals surface area contributed by atoms with Crippen LogP contribution in [0.2, 0.25) is 5.15 Å². The minimum absolute atomic E-state index is 0. The number of esters is 2. The Morgan fingerprint density at radius 1 is 1.10 bits per heavy atom. The van der Waals surface area contributed by atoms with Gasteiger partial charge < -0.3 is 18.6 Å². The molecule has 11 nitrogen and oxygen atoms in total. The molecule has 2 aromatic carbocycles. The molecule has 0 aliphatic rings. The molecule has 5 aromatic rings. The van der Waals surface area contributed by atoms with Crippen molar-refractivity contribution in [3.8, 4) is 17.1 Å². The number of nitrogens with zero attached hydrogens (tertiary/aromatic N) is 6. The van der Waals surface area contributed by atoms with Gasteiger partial charge in [-0.1, -0.05) is 49.2 Å². The average molecular weight is 601 g/mol. The number of carbonyl (C=O) groups excluding carboxylic acids is 2. The molecule has 1 atom stereocenters. The van der Waals surface area contributed by atoms with Crippen LogP contribution in [-0.2, 0) is 27.2 Å². The van der Waals surface area contributed by atoms with E-state index < -0.39 is 18.2 Å². The van der Waals surface area contributed by atoms with E-state index in [0.29, 0.717) is 24.6 Å². The van der Waals surface area contributed by atoms with Crippen LogP contribution in [0.15, 0.2) is 54.7 Å². The van der Waals surface area contributed by atoms with Gasteiger partial charge in [0.15, 0.2) is 10.8 Å². The third-order valence-electron chi connectivity index (χ3n) is 6.46. The second-order valence-corrected chi connectivity index (χ2v) is 9.59. The van der Waals surface area contributed by atoms with E-state index >= 15 is 0 Å².